The summed E-state index contributed by atoms with van der Waals surface area (Å²) in [5, 5.41) is 12.1. The first-order valence-corrected chi connectivity index (χ1v) is 6.23. The van der Waals surface area contributed by atoms with E-state index < -0.39 is 12.0 Å². The predicted octanol–water partition coefficient (Wildman–Crippen LogP) is 2.32. The summed E-state index contributed by atoms with van der Waals surface area (Å²) >= 11 is 5.72. The number of rotatable bonds is 5. The highest BCUT2D eigenvalue weighted by molar-refractivity contribution is 6.30. The van der Waals surface area contributed by atoms with Crippen LogP contribution in [-0.4, -0.2) is 23.0 Å². The minimum absolute atomic E-state index is 0.375. The Morgan fingerprint density at radius 2 is 1.94 bits per heavy atom. The summed E-state index contributed by atoms with van der Waals surface area (Å²) in [5.74, 6) is -0.916. The highest BCUT2D eigenvalue weighted by atomic mass is 35.5. The second-order valence-corrected chi connectivity index (χ2v) is 4.99. The molecule has 0 spiro atoms. The zero-order valence-electron chi connectivity index (χ0n) is 9.73. The van der Waals surface area contributed by atoms with Crippen molar-refractivity contribution in [3.63, 3.8) is 0 Å². The molecule has 1 aliphatic rings. The fraction of sp³-hybridized carbons (Fsp3) is 0.385. The molecule has 18 heavy (non-hydrogen) atoms. The summed E-state index contributed by atoms with van der Waals surface area (Å²) in [5.41, 5.74) is 0.418. The van der Waals surface area contributed by atoms with E-state index in [0.717, 1.165) is 12.8 Å². The van der Waals surface area contributed by atoms with E-state index in [4.69, 9.17) is 16.7 Å². The van der Waals surface area contributed by atoms with Gasteiger partial charge in [0, 0.05) is 10.6 Å². The number of carboxylic acid groups (broad SMARTS) is 1. The van der Waals surface area contributed by atoms with Crippen molar-refractivity contribution in [3.05, 3.63) is 34.9 Å². The van der Waals surface area contributed by atoms with Crippen LogP contribution in [0.15, 0.2) is 24.3 Å². The largest absolute Gasteiger partial charge is 0.480 e. The molecule has 0 aromatic heterocycles. The van der Waals surface area contributed by atoms with Gasteiger partial charge >= 0.3 is 5.97 Å². The molecule has 1 unspecified atom stereocenters. The second kappa shape index (κ2) is 5.40. The minimum Gasteiger partial charge on any atom is -0.480 e. The van der Waals surface area contributed by atoms with Crippen LogP contribution >= 0.6 is 11.6 Å². The molecule has 0 radical (unpaired) electrons. The molecule has 1 aromatic carbocycles. The van der Waals surface area contributed by atoms with Gasteiger partial charge in [0.2, 0.25) is 0 Å². The van der Waals surface area contributed by atoms with Crippen LogP contribution in [-0.2, 0) is 4.79 Å². The molecule has 0 bridgehead atoms. The van der Waals surface area contributed by atoms with E-state index >= 15 is 0 Å². The topological polar surface area (TPSA) is 66.4 Å². The monoisotopic (exact) mass is 267 g/mol. The zero-order valence-corrected chi connectivity index (χ0v) is 10.5. The van der Waals surface area contributed by atoms with E-state index in [-0.39, 0.29) is 5.91 Å². The number of carbonyl (C=O) groups excluding carboxylic acids is 1. The molecule has 2 rings (SSSR count). The van der Waals surface area contributed by atoms with Gasteiger partial charge < -0.3 is 10.4 Å². The van der Waals surface area contributed by atoms with Gasteiger partial charge in [-0.2, -0.15) is 0 Å². The third-order valence-corrected chi connectivity index (χ3v) is 3.23. The van der Waals surface area contributed by atoms with Gasteiger partial charge in [-0.3, -0.25) is 4.79 Å². The Morgan fingerprint density at radius 3 is 2.44 bits per heavy atom. The number of amides is 1. The van der Waals surface area contributed by atoms with Gasteiger partial charge in [-0.25, -0.2) is 4.79 Å². The molecule has 0 saturated heterocycles. The third-order valence-electron chi connectivity index (χ3n) is 2.98. The number of nitrogens with one attached hydrogen (secondary N) is 1. The lowest BCUT2D eigenvalue weighted by Crippen LogP contribution is -2.41. The molecule has 1 atom stereocenters. The first-order valence-electron chi connectivity index (χ1n) is 5.85. The number of hydrogen-bond donors (Lipinski definition) is 2. The Morgan fingerprint density at radius 1 is 1.33 bits per heavy atom. The van der Waals surface area contributed by atoms with Crippen molar-refractivity contribution >= 4 is 23.5 Å². The SMILES string of the molecule is O=C(NC(CC1CC1)C(=O)O)c1ccc(Cl)cc1. The molecular weight excluding hydrogens is 254 g/mol. The number of aliphatic carboxylic acids is 1. The van der Waals surface area contributed by atoms with Gasteiger partial charge in [-0.1, -0.05) is 24.4 Å². The predicted molar refractivity (Wildman–Crippen MR) is 67.7 cm³/mol. The van der Waals surface area contributed by atoms with Gasteiger partial charge in [-0.15, -0.1) is 0 Å². The van der Waals surface area contributed by atoms with Crippen molar-refractivity contribution in [2.24, 2.45) is 5.92 Å². The van der Waals surface area contributed by atoms with Gasteiger partial charge in [0.05, 0.1) is 0 Å². The van der Waals surface area contributed by atoms with E-state index in [2.05, 4.69) is 5.32 Å². The Bertz CT molecular complexity index is 454. The molecule has 96 valence electrons. The zero-order chi connectivity index (χ0) is 13.1. The fourth-order valence-electron chi connectivity index (χ4n) is 1.75. The van der Waals surface area contributed by atoms with Gasteiger partial charge in [0.25, 0.3) is 5.91 Å². The van der Waals surface area contributed by atoms with Crippen LogP contribution in [0.4, 0.5) is 0 Å². The Labute approximate surface area is 110 Å². The highest BCUT2D eigenvalue weighted by Gasteiger charge is 2.30. The number of carbonyl (C=O) groups is 2. The summed E-state index contributed by atoms with van der Waals surface area (Å²) in [6.07, 6.45) is 2.62. The lowest BCUT2D eigenvalue weighted by molar-refractivity contribution is -0.139. The van der Waals surface area contributed by atoms with Crippen molar-refractivity contribution in [1.29, 1.82) is 0 Å². The third kappa shape index (κ3) is 3.47. The molecule has 2 N–H and O–H groups in total. The van der Waals surface area contributed by atoms with Crippen molar-refractivity contribution < 1.29 is 14.7 Å². The first-order chi connectivity index (χ1) is 8.56. The van der Waals surface area contributed by atoms with Gasteiger partial charge in [-0.05, 0) is 36.6 Å². The molecule has 1 fully saturated rings. The van der Waals surface area contributed by atoms with Crippen molar-refractivity contribution in [1.82, 2.24) is 5.32 Å². The van der Waals surface area contributed by atoms with Crippen LogP contribution in [0.1, 0.15) is 29.6 Å². The highest BCUT2D eigenvalue weighted by Crippen LogP contribution is 2.33. The normalized spacial score (nSPS) is 16.1. The molecule has 1 aromatic rings. The average molecular weight is 268 g/mol. The van der Waals surface area contributed by atoms with Crippen LogP contribution in [0.5, 0.6) is 0 Å². The smallest absolute Gasteiger partial charge is 0.326 e. The fourth-order valence-corrected chi connectivity index (χ4v) is 1.88. The van der Waals surface area contributed by atoms with Crippen LogP contribution < -0.4 is 5.32 Å². The van der Waals surface area contributed by atoms with Crippen molar-refractivity contribution in [3.8, 4) is 0 Å². The maximum absolute atomic E-state index is 11.9. The Kier molecular flexibility index (Phi) is 3.87. The minimum atomic E-state index is -0.982. The van der Waals surface area contributed by atoms with Crippen molar-refractivity contribution in [2.75, 3.05) is 0 Å². The Hall–Kier alpha value is -1.55. The standard InChI is InChI=1S/C13H14ClNO3/c14-10-5-3-9(4-6-10)12(16)15-11(13(17)18)7-8-1-2-8/h3-6,8,11H,1-2,7H2,(H,15,16)(H,17,18). The summed E-state index contributed by atoms with van der Waals surface area (Å²) in [7, 11) is 0. The molecule has 1 aliphatic carbocycles. The van der Waals surface area contributed by atoms with Crippen LogP contribution in [0.3, 0.4) is 0 Å². The molecule has 1 saturated carbocycles. The Balaban J connectivity index is 1.99. The van der Waals surface area contributed by atoms with E-state index in [1.54, 1.807) is 24.3 Å². The number of halogens is 1. The maximum atomic E-state index is 11.9. The van der Waals surface area contributed by atoms with Gasteiger partial charge in [0.1, 0.15) is 6.04 Å². The second-order valence-electron chi connectivity index (χ2n) is 4.55. The van der Waals surface area contributed by atoms with Crippen LogP contribution in [0.2, 0.25) is 5.02 Å². The number of carboxylic acids is 1. The van der Waals surface area contributed by atoms with E-state index in [0.29, 0.717) is 22.9 Å². The molecule has 4 nitrogen and oxygen atoms in total. The number of benzene rings is 1. The number of hydrogen-bond acceptors (Lipinski definition) is 2. The van der Waals surface area contributed by atoms with Crippen molar-refractivity contribution in [2.45, 2.75) is 25.3 Å². The lowest BCUT2D eigenvalue weighted by atomic mass is 10.1. The molecule has 0 heterocycles. The maximum Gasteiger partial charge on any atom is 0.326 e. The average Bonchev–Trinajstić information content (AvgIpc) is 3.12. The van der Waals surface area contributed by atoms with E-state index in [9.17, 15) is 9.59 Å². The lowest BCUT2D eigenvalue weighted by Gasteiger charge is -2.14. The van der Waals surface area contributed by atoms with Crippen LogP contribution in [0.25, 0.3) is 0 Å². The summed E-state index contributed by atoms with van der Waals surface area (Å²) in [4.78, 5) is 22.9. The first kappa shape index (κ1) is 12.9. The molecule has 0 aliphatic heterocycles. The molecule has 5 heteroatoms. The van der Waals surface area contributed by atoms with Crippen LogP contribution in [0, 0.1) is 5.92 Å². The molecule has 1 amide bonds. The summed E-state index contributed by atoms with van der Waals surface area (Å²) in [6, 6.07) is 5.56. The summed E-state index contributed by atoms with van der Waals surface area (Å²) in [6.45, 7) is 0. The quantitative estimate of drug-likeness (QED) is 0.860. The van der Waals surface area contributed by atoms with E-state index in [1.807, 2.05) is 0 Å². The summed E-state index contributed by atoms with van der Waals surface area (Å²) < 4.78 is 0. The van der Waals surface area contributed by atoms with E-state index in [1.165, 1.54) is 0 Å². The molecular formula is C13H14ClNO3. The van der Waals surface area contributed by atoms with Gasteiger partial charge in [0.15, 0.2) is 0 Å².